The molecule has 166 valence electrons. The fourth-order valence-electron chi connectivity index (χ4n) is 2.27. The lowest BCUT2D eigenvalue weighted by atomic mass is 10.1. The topological polar surface area (TPSA) is 101 Å². The van der Waals surface area contributed by atoms with Gasteiger partial charge >= 0.3 is 5.97 Å². The summed E-state index contributed by atoms with van der Waals surface area (Å²) >= 11 is 1.01. The van der Waals surface area contributed by atoms with Crippen LogP contribution in [0.3, 0.4) is 0 Å². The van der Waals surface area contributed by atoms with Crippen molar-refractivity contribution in [1.29, 1.82) is 0 Å². The predicted octanol–water partition coefficient (Wildman–Crippen LogP) is 4.14. The summed E-state index contributed by atoms with van der Waals surface area (Å²) in [5.74, 6) is -1.23. The Balaban J connectivity index is 0.00000272. The van der Waals surface area contributed by atoms with Crippen LogP contribution < -0.4 is 4.72 Å². The average molecular weight is 454 g/mol. The number of nitrogens with zero attached hydrogens (tertiary/aromatic N) is 2. The van der Waals surface area contributed by atoms with Crippen molar-refractivity contribution in [2.45, 2.75) is 40.7 Å². The van der Waals surface area contributed by atoms with E-state index in [1.165, 1.54) is 6.08 Å². The van der Waals surface area contributed by atoms with Gasteiger partial charge in [0.2, 0.25) is 10.0 Å². The number of carbonyl (C=O) groups is 1. The molecule has 2 aromatic rings. The van der Waals surface area contributed by atoms with E-state index in [0.717, 1.165) is 22.9 Å². The zero-order valence-corrected chi connectivity index (χ0v) is 18.6. The Morgan fingerprint density at radius 1 is 1.30 bits per heavy atom. The van der Waals surface area contributed by atoms with Crippen LogP contribution >= 0.6 is 11.8 Å². The van der Waals surface area contributed by atoms with Crippen molar-refractivity contribution in [3.8, 4) is 0 Å². The number of thioether (sulfide) groups is 1. The first-order chi connectivity index (χ1) is 13.8. The molecule has 0 amide bonds. The Kier molecular flexibility index (Phi) is 12.7. The molecule has 1 aromatic carbocycles. The lowest BCUT2D eigenvalue weighted by Gasteiger charge is -2.15. The molecule has 30 heavy (non-hydrogen) atoms. The maximum Gasteiger partial charge on any atom is 0.322 e. The molecule has 1 aromatic heterocycles. The number of sulfonamides is 1. The molecule has 1 atom stereocenters. The van der Waals surface area contributed by atoms with Crippen LogP contribution in [0.1, 0.15) is 32.4 Å². The van der Waals surface area contributed by atoms with E-state index in [9.17, 15) is 18.3 Å². The molecule has 1 unspecified atom stereocenters. The first-order valence-electron chi connectivity index (χ1n) is 9.04. The largest absolute Gasteiger partial charge is 0.480 e. The number of hydrogen-bond acceptors (Lipinski definition) is 5. The minimum atomic E-state index is -3.97. The van der Waals surface area contributed by atoms with Crippen molar-refractivity contribution < 1.29 is 18.3 Å². The van der Waals surface area contributed by atoms with Crippen LogP contribution in [0.2, 0.25) is 0 Å². The third-order valence-corrected chi connectivity index (χ3v) is 6.50. The second-order valence-corrected chi connectivity index (χ2v) is 8.52. The summed E-state index contributed by atoms with van der Waals surface area (Å²) in [6, 6.07) is 7.61. The highest BCUT2D eigenvalue weighted by Gasteiger charge is 2.26. The third-order valence-electron chi connectivity index (χ3n) is 3.55. The maximum absolute atomic E-state index is 12.6. The van der Waals surface area contributed by atoms with E-state index >= 15 is 0 Å². The van der Waals surface area contributed by atoms with Gasteiger partial charge in [0.25, 0.3) is 0 Å². The number of aliphatic carboxylic acids is 1. The number of rotatable bonds is 9. The van der Waals surface area contributed by atoms with E-state index in [-0.39, 0.29) is 18.1 Å². The van der Waals surface area contributed by atoms with E-state index in [0.29, 0.717) is 0 Å². The quantitative estimate of drug-likeness (QED) is 0.553. The minimum Gasteiger partial charge on any atom is -0.480 e. The summed E-state index contributed by atoms with van der Waals surface area (Å²) in [5.41, 5.74) is 1.71. The molecule has 0 aliphatic heterocycles. The molecule has 0 radical (unpaired) electrons. The highest BCUT2D eigenvalue weighted by atomic mass is 32.3. The number of nitrogens with one attached hydrogen (secondary N) is 1. The van der Waals surface area contributed by atoms with Crippen molar-refractivity contribution in [2.24, 2.45) is 0 Å². The molecule has 0 aliphatic rings. The van der Waals surface area contributed by atoms with Crippen molar-refractivity contribution in [3.63, 3.8) is 0 Å². The third kappa shape index (κ3) is 8.98. The van der Waals surface area contributed by atoms with E-state index in [2.05, 4.69) is 9.82 Å². The van der Waals surface area contributed by atoms with Gasteiger partial charge in [0.15, 0.2) is 0 Å². The van der Waals surface area contributed by atoms with Crippen molar-refractivity contribution in [3.05, 3.63) is 70.2 Å². The molecule has 0 spiro atoms. The number of aryl methyl sites for hydroxylation is 1. The van der Waals surface area contributed by atoms with Gasteiger partial charge in [-0.05, 0) is 42.9 Å². The maximum atomic E-state index is 12.6. The second kappa shape index (κ2) is 13.8. The van der Waals surface area contributed by atoms with Gasteiger partial charge in [0.05, 0.1) is 6.20 Å². The summed E-state index contributed by atoms with van der Waals surface area (Å²) in [7, 11) is -3.97. The fourth-order valence-corrected chi connectivity index (χ4v) is 4.44. The van der Waals surface area contributed by atoms with Crippen molar-refractivity contribution in [1.82, 2.24) is 14.5 Å². The molecule has 0 saturated heterocycles. The van der Waals surface area contributed by atoms with Gasteiger partial charge in [-0.2, -0.15) is 9.82 Å². The summed E-state index contributed by atoms with van der Waals surface area (Å²) in [6.45, 7) is 5.90. The van der Waals surface area contributed by atoms with Gasteiger partial charge in [-0.15, -0.1) is 11.8 Å². The van der Waals surface area contributed by atoms with E-state index in [1.54, 1.807) is 59.9 Å². The van der Waals surface area contributed by atoms with Crippen molar-refractivity contribution >= 4 is 34.0 Å². The van der Waals surface area contributed by atoms with Crippen LogP contribution in [0, 0.1) is 6.92 Å². The van der Waals surface area contributed by atoms with Gasteiger partial charge in [-0.3, -0.25) is 4.79 Å². The Hall–Kier alpha value is -2.36. The Morgan fingerprint density at radius 3 is 2.43 bits per heavy atom. The molecule has 2 rings (SSSR count). The molecule has 9 heteroatoms. The highest BCUT2D eigenvalue weighted by molar-refractivity contribution is 8.17. The standard InChI is InChI=1S/C18H21N3O4S2.C2H6.CH4/c1-14-12-19-21(13-14)10-6-9-17(26-2)27(24,25)20-16(18(22)23)11-15-7-4-3-5-8-15;1-2;/h3-10,12-13,16,20H,11H2,1-2H3,(H,22,23);1-2H3;1H4/b10-6+,17-9+;;. The zero-order valence-electron chi connectivity index (χ0n) is 16.9. The number of allylic oxidation sites excluding steroid dienone is 2. The van der Waals surface area contributed by atoms with Crippen LogP contribution in [0.25, 0.3) is 6.20 Å². The lowest BCUT2D eigenvalue weighted by Crippen LogP contribution is -2.42. The normalized spacial score (nSPS) is 12.6. The van der Waals surface area contributed by atoms with Gasteiger partial charge in [0.1, 0.15) is 10.3 Å². The summed E-state index contributed by atoms with van der Waals surface area (Å²) in [5, 5.41) is 13.5. The van der Waals surface area contributed by atoms with Crippen LogP contribution in [0.15, 0.2) is 59.1 Å². The van der Waals surface area contributed by atoms with Gasteiger partial charge in [0, 0.05) is 12.4 Å². The van der Waals surface area contributed by atoms with Gasteiger partial charge in [-0.25, -0.2) is 13.1 Å². The Morgan fingerprint density at radius 2 is 1.93 bits per heavy atom. The van der Waals surface area contributed by atoms with Crippen LogP contribution in [0.4, 0.5) is 0 Å². The first-order valence-corrected chi connectivity index (χ1v) is 11.7. The molecular formula is C21H31N3O4S2. The average Bonchev–Trinajstić information content (AvgIpc) is 3.12. The first kappa shape index (κ1) is 27.6. The minimum absolute atomic E-state index is 0. The van der Waals surface area contributed by atoms with Crippen LogP contribution in [0.5, 0.6) is 0 Å². The van der Waals surface area contributed by atoms with Crippen molar-refractivity contribution in [2.75, 3.05) is 6.26 Å². The molecule has 0 bridgehead atoms. The van der Waals surface area contributed by atoms with E-state index < -0.39 is 22.0 Å². The number of carboxylic acids is 1. The summed E-state index contributed by atoms with van der Waals surface area (Å²) < 4.78 is 29.0. The van der Waals surface area contributed by atoms with Crippen LogP contribution in [-0.4, -0.2) is 41.6 Å². The summed E-state index contributed by atoms with van der Waals surface area (Å²) in [6.07, 6.45) is 9.70. The molecule has 1 heterocycles. The van der Waals surface area contributed by atoms with Gasteiger partial charge in [-0.1, -0.05) is 51.6 Å². The summed E-state index contributed by atoms with van der Waals surface area (Å²) in [4.78, 5) is 11.5. The number of hydrogen-bond donors (Lipinski definition) is 2. The number of aromatic nitrogens is 2. The molecular weight excluding hydrogens is 422 g/mol. The smallest absolute Gasteiger partial charge is 0.322 e. The molecule has 2 N–H and O–H groups in total. The van der Waals surface area contributed by atoms with E-state index in [4.69, 9.17) is 0 Å². The number of carboxylic acid groups (broad SMARTS) is 1. The molecule has 0 aliphatic carbocycles. The zero-order chi connectivity index (χ0) is 21.9. The number of benzene rings is 1. The molecule has 0 fully saturated rings. The highest BCUT2D eigenvalue weighted by Crippen LogP contribution is 2.19. The van der Waals surface area contributed by atoms with Gasteiger partial charge < -0.3 is 5.11 Å². The predicted molar refractivity (Wildman–Crippen MR) is 126 cm³/mol. The second-order valence-electron chi connectivity index (χ2n) is 5.73. The SMILES string of the molecule is C.CC.CS/C(=C\C=C\n1cc(C)cn1)S(=O)(=O)NC(Cc1ccccc1)C(=O)O. The molecule has 0 saturated carbocycles. The van der Waals surface area contributed by atoms with E-state index in [1.807, 2.05) is 26.8 Å². The lowest BCUT2D eigenvalue weighted by molar-refractivity contribution is -0.138. The Labute approximate surface area is 183 Å². The van der Waals surface area contributed by atoms with Crippen LogP contribution in [-0.2, 0) is 21.2 Å². The monoisotopic (exact) mass is 453 g/mol. The fraction of sp³-hybridized carbons (Fsp3) is 0.333. The molecule has 7 nitrogen and oxygen atoms in total. The Bertz CT molecular complexity index is 936.